The lowest BCUT2D eigenvalue weighted by molar-refractivity contribution is -0.279. The molecule has 3 aromatic rings. The minimum absolute atomic E-state index is 0.223. The van der Waals surface area contributed by atoms with Crippen LogP contribution in [-0.2, 0) is 52.4 Å². The third-order valence-electron chi connectivity index (χ3n) is 9.16. The molecular weight excluding hydrogens is 801 g/mol. The second-order valence-electron chi connectivity index (χ2n) is 13.3. The number of amides is 1. The van der Waals surface area contributed by atoms with Crippen molar-refractivity contribution in [2.75, 3.05) is 13.2 Å². The van der Waals surface area contributed by atoms with E-state index in [1.54, 1.807) is 36.4 Å². The largest absolute Gasteiger partial charge is 0.463 e. The lowest BCUT2D eigenvalue weighted by Crippen LogP contribution is -2.70. The molecular formula is C39H36F5NO14. The highest BCUT2D eigenvalue weighted by molar-refractivity contribution is 5.84. The number of esters is 5. The van der Waals surface area contributed by atoms with Crippen LogP contribution in [0.3, 0.4) is 0 Å². The van der Waals surface area contributed by atoms with Gasteiger partial charge in [-0.25, -0.2) is 22.8 Å². The molecule has 7 atom stereocenters. The second-order valence-corrected chi connectivity index (χ2v) is 13.3. The molecule has 1 aliphatic carbocycles. The van der Waals surface area contributed by atoms with E-state index in [4.69, 9.17) is 28.4 Å². The Hall–Kier alpha value is -6.15. The van der Waals surface area contributed by atoms with Gasteiger partial charge in [-0.05, 0) is 29.2 Å². The Bertz CT molecular complexity index is 2080. The topological polar surface area (TPSA) is 190 Å². The summed E-state index contributed by atoms with van der Waals surface area (Å²) in [6.07, 6.45) is -13.8. The molecule has 1 aliphatic heterocycles. The number of carbonyl (C=O) groups is 6. The van der Waals surface area contributed by atoms with Gasteiger partial charge >= 0.3 is 35.9 Å². The summed E-state index contributed by atoms with van der Waals surface area (Å²) in [6.45, 7) is 3.16. The molecule has 1 amide bonds. The Morgan fingerprint density at radius 3 is 1.63 bits per heavy atom. The number of halogens is 5. The van der Waals surface area contributed by atoms with Crippen LogP contribution in [0.5, 0.6) is 5.75 Å². The number of benzene rings is 3. The molecule has 1 saturated heterocycles. The lowest BCUT2D eigenvalue weighted by atomic mass is 9.95. The van der Waals surface area contributed by atoms with E-state index >= 15 is 0 Å². The molecule has 0 unspecified atom stereocenters. The van der Waals surface area contributed by atoms with E-state index in [-0.39, 0.29) is 4.90 Å². The third-order valence-corrected chi connectivity index (χ3v) is 9.16. The van der Waals surface area contributed by atoms with Crippen LogP contribution in [0, 0.1) is 29.1 Å². The molecule has 2 aliphatic rings. The maximum atomic E-state index is 14.8. The van der Waals surface area contributed by atoms with E-state index in [0.29, 0.717) is 11.1 Å². The fraction of sp³-hybridized carbons (Fsp3) is 0.385. The number of nitrogens with zero attached hydrogens (tertiary/aromatic N) is 1. The molecule has 0 saturated carbocycles. The van der Waals surface area contributed by atoms with Crippen molar-refractivity contribution in [1.29, 1.82) is 0 Å². The summed E-state index contributed by atoms with van der Waals surface area (Å²) in [5.74, 6) is -21.8. The number of hydrogen-bond donors (Lipinski definition) is 1. The van der Waals surface area contributed by atoms with Crippen molar-refractivity contribution in [2.45, 2.75) is 83.3 Å². The first kappa shape index (κ1) is 44.0. The van der Waals surface area contributed by atoms with Crippen molar-refractivity contribution in [2.24, 2.45) is 0 Å². The summed E-state index contributed by atoms with van der Waals surface area (Å²) >= 11 is 0. The van der Waals surface area contributed by atoms with Crippen LogP contribution in [0.25, 0.3) is 11.1 Å². The van der Waals surface area contributed by atoms with Gasteiger partial charge in [0.05, 0.1) is 6.10 Å². The van der Waals surface area contributed by atoms with Crippen LogP contribution >= 0.6 is 0 Å². The third kappa shape index (κ3) is 9.28. The Labute approximate surface area is 331 Å². The summed E-state index contributed by atoms with van der Waals surface area (Å²) in [7, 11) is 0. The summed E-state index contributed by atoms with van der Waals surface area (Å²) in [5.41, 5.74) is 2.96. The fourth-order valence-electron chi connectivity index (χ4n) is 6.85. The number of ether oxygens (including phenoxy) is 7. The summed E-state index contributed by atoms with van der Waals surface area (Å²) < 4.78 is 110. The average Bonchev–Trinajstić information content (AvgIpc) is 3.49. The van der Waals surface area contributed by atoms with E-state index in [2.05, 4.69) is 4.74 Å². The maximum absolute atomic E-state index is 14.8. The van der Waals surface area contributed by atoms with Crippen molar-refractivity contribution in [3.05, 3.63) is 88.7 Å². The predicted octanol–water partition coefficient (Wildman–Crippen LogP) is 4.37. The zero-order valence-electron chi connectivity index (χ0n) is 31.7. The molecule has 0 bridgehead atoms. The van der Waals surface area contributed by atoms with E-state index in [0.717, 1.165) is 45.7 Å². The highest BCUT2D eigenvalue weighted by Crippen LogP contribution is 2.45. The minimum Gasteiger partial charge on any atom is -0.463 e. The van der Waals surface area contributed by atoms with Gasteiger partial charge in [0.2, 0.25) is 34.8 Å². The van der Waals surface area contributed by atoms with Gasteiger partial charge in [-0.3, -0.25) is 24.1 Å². The standard InChI is InChI=1S/C39H36F5NO14/c1-16(46)32(38(51)59-34-30(43)28(41)27(40)29(42)31(34)44)45(39(52)54-14-25-23-12-8-6-10-21(23)22-11-7-9-13-24(22)25)37-36(57-20(5)50)35(56-19(4)49)33(55-18(3)48)26(58-37)15-53-17(2)47/h6-13,16,25-26,32-33,35-37,46H,14-15H2,1-5H3/t16-,26-,32+,33-,35+,36+,37+/m1/s1. The van der Waals surface area contributed by atoms with E-state index < -0.39 is 133 Å². The molecule has 59 heavy (non-hydrogen) atoms. The summed E-state index contributed by atoms with van der Waals surface area (Å²) in [6, 6.07) is 11.5. The SMILES string of the molecule is CC(=O)OC[C@H]1O[C@H](N(C(=O)OCC2c3ccccc3-c3ccccc32)[C@H](C(=O)Oc2c(F)c(F)c(F)c(F)c2F)[C@@H](C)O)[C@@H](OC(C)=O)[C@@H](OC(C)=O)[C@@H]1OC(C)=O. The first-order valence-electron chi connectivity index (χ1n) is 17.7. The Morgan fingerprint density at radius 1 is 0.661 bits per heavy atom. The van der Waals surface area contributed by atoms with Crippen molar-refractivity contribution in [1.82, 2.24) is 4.90 Å². The van der Waals surface area contributed by atoms with Gasteiger partial charge in [-0.2, -0.15) is 8.78 Å². The molecule has 1 fully saturated rings. The van der Waals surface area contributed by atoms with Gasteiger partial charge in [-0.15, -0.1) is 0 Å². The van der Waals surface area contributed by atoms with Crippen molar-refractivity contribution < 1.29 is 89.0 Å². The Balaban J connectivity index is 1.67. The van der Waals surface area contributed by atoms with Gasteiger partial charge in [0.1, 0.15) is 19.3 Å². The highest BCUT2D eigenvalue weighted by Gasteiger charge is 2.57. The van der Waals surface area contributed by atoms with Crippen molar-refractivity contribution >= 4 is 35.9 Å². The molecule has 316 valence electrons. The van der Waals surface area contributed by atoms with Crippen LogP contribution in [0.15, 0.2) is 48.5 Å². The first-order chi connectivity index (χ1) is 27.8. The molecule has 0 spiro atoms. The molecule has 3 aromatic carbocycles. The number of aliphatic hydroxyl groups excluding tert-OH is 1. The number of hydrogen-bond acceptors (Lipinski definition) is 14. The zero-order valence-corrected chi connectivity index (χ0v) is 31.7. The molecule has 5 rings (SSSR count). The second kappa shape index (κ2) is 18.2. The van der Waals surface area contributed by atoms with Gasteiger partial charge in [-0.1, -0.05) is 48.5 Å². The Kier molecular flexibility index (Phi) is 13.6. The lowest BCUT2D eigenvalue weighted by Gasteiger charge is -2.48. The van der Waals surface area contributed by atoms with Crippen LogP contribution in [0.4, 0.5) is 26.7 Å². The molecule has 0 radical (unpaired) electrons. The van der Waals surface area contributed by atoms with Gasteiger partial charge < -0.3 is 38.3 Å². The fourth-order valence-corrected chi connectivity index (χ4v) is 6.85. The number of carbonyl (C=O) groups excluding carboxylic acids is 6. The molecule has 1 N–H and O–H groups in total. The molecule has 1 heterocycles. The number of fused-ring (bicyclic) bond motifs is 3. The number of aliphatic hydroxyl groups is 1. The van der Waals surface area contributed by atoms with E-state index in [9.17, 15) is 55.8 Å². The monoisotopic (exact) mass is 837 g/mol. The van der Waals surface area contributed by atoms with Crippen LogP contribution in [0.1, 0.15) is 51.7 Å². The zero-order chi connectivity index (χ0) is 43.5. The van der Waals surface area contributed by atoms with Gasteiger partial charge in [0.15, 0.2) is 30.6 Å². The smallest absolute Gasteiger partial charge is 0.412 e. The molecule has 15 nitrogen and oxygen atoms in total. The van der Waals surface area contributed by atoms with Crippen LogP contribution < -0.4 is 4.74 Å². The maximum Gasteiger partial charge on any atom is 0.412 e. The summed E-state index contributed by atoms with van der Waals surface area (Å²) in [4.78, 5) is 78.1. The normalized spacial score (nSPS) is 20.6. The Morgan fingerprint density at radius 2 is 1.14 bits per heavy atom. The van der Waals surface area contributed by atoms with Crippen LogP contribution in [-0.4, -0.2) is 102 Å². The first-order valence-corrected chi connectivity index (χ1v) is 17.7. The quantitative estimate of drug-likeness (QED) is 0.0676. The molecule has 0 aromatic heterocycles. The van der Waals surface area contributed by atoms with Gasteiger partial charge in [0, 0.05) is 33.6 Å². The average molecular weight is 838 g/mol. The number of rotatable bonds is 12. The van der Waals surface area contributed by atoms with Gasteiger partial charge in [0.25, 0.3) is 0 Å². The van der Waals surface area contributed by atoms with Crippen molar-refractivity contribution in [3.63, 3.8) is 0 Å². The predicted molar refractivity (Wildman–Crippen MR) is 186 cm³/mol. The summed E-state index contributed by atoms with van der Waals surface area (Å²) in [5, 5.41) is 11.1. The molecule has 20 heteroatoms. The van der Waals surface area contributed by atoms with Crippen LogP contribution in [0.2, 0.25) is 0 Å². The highest BCUT2D eigenvalue weighted by atomic mass is 19.2. The van der Waals surface area contributed by atoms with Crippen molar-refractivity contribution in [3.8, 4) is 16.9 Å². The van der Waals surface area contributed by atoms with E-state index in [1.807, 2.05) is 12.1 Å². The minimum atomic E-state index is -2.61. The van der Waals surface area contributed by atoms with E-state index in [1.165, 1.54) is 0 Å².